The second kappa shape index (κ2) is 6.57. The summed E-state index contributed by atoms with van der Waals surface area (Å²) in [5.41, 5.74) is -0.213. The fourth-order valence-electron chi connectivity index (χ4n) is 2.09. The SMILES string of the molecule is CCC(CC)(CC)NS(=O)(=O)c1cc(C#N)ccc1Cl. The van der Waals surface area contributed by atoms with Crippen molar-refractivity contribution in [3.63, 3.8) is 0 Å². The van der Waals surface area contributed by atoms with Crippen LogP contribution in [0, 0.1) is 11.3 Å². The van der Waals surface area contributed by atoms with Gasteiger partial charge in [-0.25, -0.2) is 13.1 Å². The molecule has 6 heteroatoms. The van der Waals surface area contributed by atoms with Crippen LogP contribution in [-0.2, 0) is 10.0 Å². The topological polar surface area (TPSA) is 70.0 Å². The lowest BCUT2D eigenvalue weighted by Crippen LogP contribution is -2.47. The maximum atomic E-state index is 12.5. The lowest BCUT2D eigenvalue weighted by Gasteiger charge is -2.31. The van der Waals surface area contributed by atoms with E-state index in [1.54, 1.807) is 0 Å². The van der Waals surface area contributed by atoms with Crippen LogP contribution in [0.15, 0.2) is 23.1 Å². The predicted octanol–water partition coefficient (Wildman–Crippen LogP) is 3.46. The molecule has 0 saturated carbocycles. The van der Waals surface area contributed by atoms with E-state index in [1.807, 2.05) is 26.8 Å². The minimum atomic E-state index is -3.75. The van der Waals surface area contributed by atoms with Gasteiger partial charge in [-0.1, -0.05) is 32.4 Å². The van der Waals surface area contributed by atoms with E-state index in [-0.39, 0.29) is 15.5 Å². The van der Waals surface area contributed by atoms with Gasteiger partial charge in [-0.2, -0.15) is 5.26 Å². The molecule has 0 aliphatic heterocycles. The summed E-state index contributed by atoms with van der Waals surface area (Å²) in [6.45, 7) is 5.84. The third-order valence-corrected chi connectivity index (χ3v) is 5.79. The number of hydrogen-bond acceptors (Lipinski definition) is 3. The average molecular weight is 315 g/mol. The fraction of sp³-hybridized carbons (Fsp3) is 0.500. The van der Waals surface area contributed by atoms with Crippen molar-refractivity contribution in [1.82, 2.24) is 4.72 Å². The van der Waals surface area contributed by atoms with Crippen molar-refractivity contribution in [3.8, 4) is 6.07 Å². The average Bonchev–Trinajstić information content (AvgIpc) is 2.45. The van der Waals surface area contributed by atoms with Gasteiger partial charge in [0.05, 0.1) is 16.7 Å². The number of hydrogen-bond donors (Lipinski definition) is 1. The van der Waals surface area contributed by atoms with E-state index in [2.05, 4.69) is 4.72 Å². The first-order valence-electron chi connectivity index (χ1n) is 6.57. The number of rotatable bonds is 6. The highest BCUT2D eigenvalue weighted by Crippen LogP contribution is 2.27. The molecule has 1 N–H and O–H groups in total. The van der Waals surface area contributed by atoms with Crippen molar-refractivity contribution in [2.75, 3.05) is 0 Å². The molecule has 0 fully saturated rings. The van der Waals surface area contributed by atoms with Gasteiger partial charge in [0.15, 0.2) is 0 Å². The van der Waals surface area contributed by atoms with Crippen molar-refractivity contribution in [2.24, 2.45) is 0 Å². The molecule has 20 heavy (non-hydrogen) atoms. The Hall–Kier alpha value is -1.09. The molecule has 0 saturated heterocycles. The summed E-state index contributed by atoms with van der Waals surface area (Å²) in [5, 5.41) is 9.00. The maximum absolute atomic E-state index is 12.5. The van der Waals surface area contributed by atoms with Gasteiger partial charge in [0.2, 0.25) is 10.0 Å². The van der Waals surface area contributed by atoms with Gasteiger partial charge in [-0.3, -0.25) is 0 Å². The summed E-state index contributed by atoms with van der Waals surface area (Å²) in [6.07, 6.45) is 2.07. The minimum absolute atomic E-state index is 0.0436. The Morgan fingerprint density at radius 3 is 2.25 bits per heavy atom. The van der Waals surface area contributed by atoms with Crippen LogP contribution in [0.5, 0.6) is 0 Å². The molecule has 0 aromatic heterocycles. The Balaban J connectivity index is 3.28. The summed E-state index contributed by atoms with van der Waals surface area (Å²) in [7, 11) is -3.75. The summed E-state index contributed by atoms with van der Waals surface area (Å²) in [4.78, 5) is -0.0436. The molecule has 1 aromatic carbocycles. The molecular weight excluding hydrogens is 296 g/mol. The molecule has 1 rings (SSSR count). The van der Waals surface area contributed by atoms with E-state index in [0.29, 0.717) is 19.3 Å². The summed E-state index contributed by atoms with van der Waals surface area (Å²) in [6, 6.07) is 6.15. The van der Waals surface area contributed by atoms with Crippen LogP contribution in [0.4, 0.5) is 0 Å². The lowest BCUT2D eigenvalue weighted by molar-refractivity contribution is 0.341. The monoisotopic (exact) mass is 314 g/mol. The summed E-state index contributed by atoms with van der Waals surface area (Å²) < 4.78 is 27.8. The van der Waals surface area contributed by atoms with Crippen molar-refractivity contribution < 1.29 is 8.42 Å². The number of nitriles is 1. The molecule has 0 aliphatic carbocycles. The number of nitrogens with zero attached hydrogens (tertiary/aromatic N) is 1. The quantitative estimate of drug-likeness (QED) is 0.874. The van der Waals surface area contributed by atoms with Gasteiger partial charge < -0.3 is 0 Å². The summed E-state index contributed by atoms with van der Waals surface area (Å²) >= 11 is 5.97. The van der Waals surface area contributed by atoms with Gasteiger partial charge in [0.25, 0.3) is 0 Å². The Morgan fingerprint density at radius 1 is 1.25 bits per heavy atom. The summed E-state index contributed by atoms with van der Waals surface area (Å²) in [5.74, 6) is 0. The Morgan fingerprint density at radius 2 is 1.80 bits per heavy atom. The second-order valence-corrected chi connectivity index (χ2v) is 6.76. The van der Waals surface area contributed by atoms with Crippen LogP contribution >= 0.6 is 11.6 Å². The fourth-order valence-corrected chi connectivity index (χ4v) is 4.23. The van der Waals surface area contributed by atoms with Gasteiger partial charge >= 0.3 is 0 Å². The van der Waals surface area contributed by atoms with Gasteiger partial charge in [0.1, 0.15) is 4.90 Å². The molecule has 0 spiro atoms. The predicted molar refractivity (Wildman–Crippen MR) is 80.1 cm³/mol. The first kappa shape index (κ1) is 17.0. The van der Waals surface area contributed by atoms with Crippen molar-refractivity contribution >= 4 is 21.6 Å². The Bertz CT molecular complexity index is 608. The molecule has 0 unspecified atom stereocenters. The highest BCUT2D eigenvalue weighted by atomic mass is 35.5. The number of sulfonamides is 1. The standard InChI is InChI=1S/C14H19ClN2O2S/c1-4-14(5-2,6-3)17-20(18,19)13-9-11(10-16)7-8-12(13)15/h7-9,17H,4-6H2,1-3H3. The highest BCUT2D eigenvalue weighted by Gasteiger charge is 2.31. The van der Waals surface area contributed by atoms with Crippen LogP contribution in [-0.4, -0.2) is 14.0 Å². The molecular formula is C14H19ClN2O2S. The lowest BCUT2D eigenvalue weighted by atomic mass is 9.91. The van der Waals surface area contributed by atoms with Crippen molar-refractivity contribution in [2.45, 2.75) is 50.5 Å². The zero-order valence-corrected chi connectivity index (χ0v) is 13.5. The van der Waals surface area contributed by atoms with Gasteiger partial charge in [-0.15, -0.1) is 0 Å². The van der Waals surface area contributed by atoms with E-state index in [1.165, 1.54) is 18.2 Å². The zero-order chi connectivity index (χ0) is 15.4. The first-order valence-corrected chi connectivity index (χ1v) is 8.44. The number of nitrogens with one attached hydrogen (secondary N) is 1. The van der Waals surface area contributed by atoms with Crippen molar-refractivity contribution in [1.29, 1.82) is 5.26 Å². The number of halogens is 1. The molecule has 0 aliphatic rings. The van der Waals surface area contributed by atoms with E-state index in [9.17, 15) is 8.42 Å². The smallest absolute Gasteiger partial charge is 0.207 e. The van der Waals surface area contributed by atoms with Crippen LogP contribution in [0.2, 0.25) is 5.02 Å². The third kappa shape index (κ3) is 3.51. The molecule has 0 bridgehead atoms. The van der Waals surface area contributed by atoms with E-state index >= 15 is 0 Å². The second-order valence-electron chi connectivity index (χ2n) is 4.70. The van der Waals surface area contributed by atoms with Gasteiger partial charge in [-0.05, 0) is 37.5 Å². The molecule has 1 aromatic rings. The number of benzene rings is 1. The van der Waals surface area contributed by atoms with E-state index in [0.717, 1.165) is 0 Å². The van der Waals surface area contributed by atoms with Crippen molar-refractivity contribution in [3.05, 3.63) is 28.8 Å². The normalized spacial score (nSPS) is 12.2. The van der Waals surface area contributed by atoms with E-state index < -0.39 is 15.6 Å². The van der Waals surface area contributed by atoms with Crippen LogP contribution < -0.4 is 4.72 Å². The Kier molecular flexibility index (Phi) is 5.58. The van der Waals surface area contributed by atoms with Crippen LogP contribution in [0.3, 0.4) is 0 Å². The minimum Gasteiger partial charge on any atom is -0.207 e. The van der Waals surface area contributed by atoms with Crippen LogP contribution in [0.1, 0.15) is 45.6 Å². The molecule has 0 radical (unpaired) electrons. The highest BCUT2D eigenvalue weighted by molar-refractivity contribution is 7.89. The zero-order valence-electron chi connectivity index (χ0n) is 11.9. The molecule has 0 heterocycles. The maximum Gasteiger partial charge on any atom is 0.242 e. The first-order chi connectivity index (χ1) is 9.34. The molecule has 0 atom stereocenters. The third-order valence-electron chi connectivity index (χ3n) is 3.73. The largest absolute Gasteiger partial charge is 0.242 e. The Labute approximate surface area is 125 Å². The molecule has 0 amide bonds. The molecule has 110 valence electrons. The van der Waals surface area contributed by atoms with Crippen LogP contribution in [0.25, 0.3) is 0 Å². The van der Waals surface area contributed by atoms with Gasteiger partial charge in [0, 0.05) is 5.54 Å². The molecule has 4 nitrogen and oxygen atoms in total. The van der Waals surface area contributed by atoms with E-state index in [4.69, 9.17) is 16.9 Å².